The molecule has 2 aliphatic rings. The molecule has 2 amide bonds. The maximum Gasteiger partial charge on any atom is 0.225 e. The zero-order valence-electron chi connectivity index (χ0n) is 17.1. The normalized spacial score (nSPS) is 30.2. The SMILES string of the molecule is CCC(C)C(C)C(CC(=O)N1[C@H](C(OC)[C@@H](C)C(N)=O)C[C@@H]2C[C@@H]21)OC. The van der Waals surface area contributed by atoms with Crippen LogP contribution in [0.3, 0.4) is 0 Å². The van der Waals surface area contributed by atoms with Crippen LogP contribution in [0.1, 0.15) is 53.4 Å². The van der Waals surface area contributed by atoms with Crippen LogP contribution in [-0.2, 0) is 19.1 Å². The Morgan fingerprint density at radius 2 is 1.81 bits per heavy atom. The average molecular weight is 369 g/mol. The van der Waals surface area contributed by atoms with Crippen molar-refractivity contribution in [1.82, 2.24) is 4.90 Å². The Morgan fingerprint density at radius 3 is 2.31 bits per heavy atom. The summed E-state index contributed by atoms with van der Waals surface area (Å²) < 4.78 is 11.3. The molecule has 8 atom stereocenters. The van der Waals surface area contributed by atoms with Crippen molar-refractivity contribution in [3.8, 4) is 0 Å². The first-order valence-electron chi connectivity index (χ1n) is 9.92. The number of methoxy groups -OCH3 is 2. The summed E-state index contributed by atoms with van der Waals surface area (Å²) in [5.41, 5.74) is 5.50. The standard InChI is InChI=1S/C20H36N2O4/c1-7-11(2)12(3)17(25-5)10-18(23)22-15-8-14(15)9-16(22)19(26-6)13(4)20(21)24/h11-17,19H,7-10H2,1-6H3,(H2,21,24)/t11?,12?,13-,14+,15+,16+,17?,19?/m1/s1. The molecule has 1 saturated heterocycles. The number of hydrogen-bond acceptors (Lipinski definition) is 4. The Labute approximate surface area is 157 Å². The van der Waals surface area contributed by atoms with Gasteiger partial charge in [-0.15, -0.1) is 0 Å². The number of carbonyl (C=O) groups excluding carboxylic acids is 2. The molecule has 0 radical (unpaired) electrons. The molecule has 0 aromatic carbocycles. The van der Waals surface area contributed by atoms with Gasteiger partial charge in [-0.05, 0) is 30.6 Å². The molecule has 0 aromatic heterocycles. The van der Waals surface area contributed by atoms with Crippen LogP contribution in [0.25, 0.3) is 0 Å². The Balaban J connectivity index is 2.11. The molecular weight excluding hydrogens is 332 g/mol. The minimum atomic E-state index is -0.421. The molecule has 6 heteroatoms. The van der Waals surface area contributed by atoms with E-state index < -0.39 is 5.92 Å². The Morgan fingerprint density at radius 1 is 1.15 bits per heavy atom. The predicted octanol–water partition coefficient (Wildman–Crippen LogP) is 2.20. The van der Waals surface area contributed by atoms with Gasteiger partial charge in [-0.25, -0.2) is 0 Å². The van der Waals surface area contributed by atoms with E-state index in [4.69, 9.17) is 15.2 Å². The van der Waals surface area contributed by atoms with Crippen molar-refractivity contribution in [3.05, 3.63) is 0 Å². The van der Waals surface area contributed by atoms with Crippen molar-refractivity contribution >= 4 is 11.8 Å². The maximum absolute atomic E-state index is 13.2. The van der Waals surface area contributed by atoms with Gasteiger partial charge in [0.1, 0.15) is 0 Å². The second-order valence-electron chi connectivity index (χ2n) is 8.28. The zero-order valence-corrected chi connectivity index (χ0v) is 17.1. The topological polar surface area (TPSA) is 81.9 Å². The van der Waals surface area contributed by atoms with Crippen LogP contribution in [0.15, 0.2) is 0 Å². The molecule has 1 saturated carbocycles. The van der Waals surface area contributed by atoms with Gasteiger partial charge in [0.05, 0.1) is 30.6 Å². The number of nitrogens with two attached hydrogens (primary N) is 1. The first-order chi connectivity index (χ1) is 12.3. The largest absolute Gasteiger partial charge is 0.381 e. The van der Waals surface area contributed by atoms with Gasteiger partial charge >= 0.3 is 0 Å². The second kappa shape index (κ2) is 8.70. The van der Waals surface area contributed by atoms with E-state index in [0.717, 1.165) is 19.3 Å². The number of rotatable bonds is 10. The van der Waals surface area contributed by atoms with E-state index in [1.165, 1.54) is 0 Å². The molecule has 150 valence electrons. The molecule has 2 rings (SSSR count). The van der Waals surface area contributed by atoms with Gasteiger partial charge in [0.25, 0.3) is 0 Å². The van der Waals surface area contributed by atoms with Gasteiger partial charge in [-0.3, -0.25) is 9.59 Å². The minimum Gasteiger partial charge on any atom is -0.381 e. The summed E-state index contributed by atoms with van der Waals surface area (Å²) in [4.78, 5) is 26.8. The molecular formula is C20H36N2O4. The Bertz CT molecular complexity index is 512. The lowest BCUT2D eigenvalue weighted by Crippen LogP contribution is -2.51. The molecule has 0 aromatic rings. The molecule has 1 heterocycles. The second-order valence-corrected chi connectivity index (χ2v) is 8.28. The van der Waals surface area contributed by atoms with Crippen LogP contribution in [-0.4, -0.2) is 55.2 Å². The van der Waals surface area contributed by atoms with Crippen LogP contribution in [0.2, 0.25) is 0 Å². The predicted molar refractivity (Wildman–Crippen MR) is 100 cm³/mol. The maximum atomic E-state index is 13.2. The number of hydrogen-bond donors (Lipinski definition) is 1. The van der Waals surface area contributed by atoms with Crippen LogP contribution in [0, 0.1) is 23.7 Å². The van der Waals surface area contributed by atoms with Gasteiger partial charge < -0.3 is 20.1 Å². The summed E-state index contributed by atoms with van der Waals surface area (Å²) in [7, 11) is 3.28. The summed E-state index contributed by atoms with van der Waals surface area (Å²) in [5, 5.41) is 0. The van der Waals surface area contributed by atoms with Crippen LogP contribution < -0.4 is 5.73 Å². The fourth-order valence-corrected chi connectivity index (χ4v) is 4.51. The van der Waals surface area contributed by atoms with E-state index in [0.29, 0.717) is 30.2 Å². The molecule has 4 unspecified atom stereocenters. The van der Waals surface area contributed by atoms with Crippen molar-refractivity contribution in [2.45, 2.75) is 77.7 Å². The van der Waals surface area contributed by atoms with E-state index in [1.807, 2.05) is 4.90 Å². The highest BCUT2D eigenvalue weighted by Crippen LogP contribution is 2.50. The van der Waals surface area contributed by atoms with E-state index >= 15 is 0 Å². The summed E-state index contributed by atoms with van der Waals surface area (Å²) in [6.07, 6.45) is 2.95. The molecule has 26 heavy (non-hydrogen) atoms. The molecule has 0 bridgehead atoms. The van der Waals surface area contributed by atoms with Crippen LogP contribution in [0.4, 0.5) is 0 Å². The average Bonchev–Trinajstić information content (AvgIpc) is 3.28. The molecule has 6 nitrogen and oxygen atoms in total. The van der Waals surface area contributed by atoms with Crippen molar-refractivity contribution in [3.63, 3.8) is 0 Å². The lowest BCUT2D eigenvalue weighted by Gasteiger charge is -2.36. The number of piperidine rings is 1. The van der Waals surface area contributed by atoms with Crippen molar-refractivity contribution in [2.24, 2.45) is 29.4 Å². The lowest BCUT2D eigenvalue weighted by atomic mass is 9.86. The van der Waals surface area contributed by atoms with Crippen LogP contribution in [0.5, 0.6) is 0 Å². The molecule has 1 aliphatic carbocycles. The number of ether oxygens (including phenoxy) is 2. The Kier molecular flexibility index (Phi) is 7.08. The molecule has 1 aliphatic heterocycles. The minimum absolute atomic E-state index is 0.0739. The number of nitrogens with zero attached hydrogens (tertiary/aromatic N) is 1. The first-order valence-corrected chi connectivity index (χ1v) is 9.92. The van der Waals surface area contributed by atoms with Gasteiger partial charge in [0.2, 0.25) is 11.8 Å². The van der Waals surface area contributed by atoms with Crippen LogP contribution >= 0.6 is 0 Å². The number of likely N-dealkylation sites (tertiary alicyclic amines) is 1. The van der Waals surface area contributed by atoms with E-state index in [1.54, 1.807) is 21.1 Å². The third-order valence-corrected chi connectivity index (χ3v) is 6.83. The molecule has 2 N–H and O–H groups in total. The number of fused-ring (bicyclic) bond motifs is 1. The third kappa shape index (κ3) is 4.22. The van der Waals surface area contributed by atoms with Crippen molar-refractivity contribution < 1.29 is 19.1 Å². The monoisotopic (exact) mass is 368 g/mol. The van der Waals surface area contributed by atoms with Gasteiger partial charge in [0, 0.05) is 20.3 Å². The van der Waals surface area contributed by atoms with Gasteiger partial charge in [-0.1, -0.05) is 34.1 Å². The molecule has 0 spiro atoms. The highest BCUT2D eigenvalue weighted by atomic mass is 16.5. The number of amides is 2. The summed E-state index contributed by atoms with van der Waals surface area (Å²) >= 11 is 0. The van der Waals surface area contributed by atoms with Gasteiger partial charge in [0.15, 0.2) is 0 Å². The summed E-state index contributed by atoms with van der Waals surface area (Å²) in [6, 6.07) is 0.219. The summed E-state index contributed by atoms with van der Waals surface area (Å²) in [5.74, 6) is 0.653. The third-order valence-electron chi connectivity index (χ3n) is 6.83. The van der Waals surface area contributed by atoms with E-state index in [2.05, 4.69) is 20.8 Å². The smallest absolute Gasteiger partial charge is 0.225 e. The fraction of sp³-hybridized carbons (Fsp3) is 0.900. The highest BCUT2D eigenvalue weighted by Gasteiger charge is 2.56. The van der Waals surface area contributed by atoms with Crippen molar-refractivity contribution in [1.29, 1.82) is 0 Å². The summed E-state index contributed by atoms with van der Waals surface area (Å²) in [6.45, 7) is 8.30. The first kappa shape index (κ1) is 21.2. The van der Waals surface area contributed by atoms with Gasteiger partial charge in [-0.2, -0.15) is 0 Å². The van der Waals surface area contributed by atoms with E-state index in [-0.39, 0.29) is 30.1 Å². The Hall–Kier alpha value is -1.14. The highest BCUT2D eigenvalue weighted by molar-refractivity contribution is 5.80. The zero-order chi connectivity index (χ0) is 19.6. The quantitative estimate of drug-likeness (QED) is 0.641. The number of carbonyl (C=O) groups is 2. The number of primary amides is 1. The lowest BCUT2D eigenvalue weighted by molar-refractivity contribution is -0.143. The van der Waals surface area contributed by atoms with E-state index in [9.17, 15) is 9.59 Å². The van der Waals surface area contributed by atoms with Crippen molar-refractivity contribution in [2.75, 3.05) is 14.2 Å². The fourth-order valence-electron chi connectivity index (χ4n) is 4.51. The molecule has 2 fully saturated rings.